The Morgan fingerprint density at radius 1 is 1.00 bits per heavy atom. The molecule has 0 aliphatic carbocycles. The number of nitrogens with one attached hydrogen (secondary N) is 2. The molecule has 0 spiro atoms. The van der Waals surface area contributed by atoms with Gasteiger partial charge in [0.15, 0.2) is 5.65 Å². The first-order valence-electron chi connectivity index (χ1n) is 14.9. The molecular formula is C30H40BrN10O2P. The van der Waals surface area contributed by atoms with Crippen LogP contribution in [0.2, 0.25) is 0 Å². The van der Waals surface area contributed by atoms with Gasteiger partial charge in [-0.15, -0.1) is 0 Å². The van der Waals surface area contributed by atoms with Crippen molar-refractivity contribution in [3.63, 3.8) is 0 Å². The largest absolute Gasteiger partial charge is 0.494 e. The van der Waals surface area contributed by atoms with Crippen LogP contribution in [0.25, 0.3) is 5.65 Å². The van der Waals surface area contributed by atoms with E-state index in [1.807, 2.05) is 12.1 Å². The third kappa shape index (κ3) is 6.42. The average Bonchev–Trinajstić information content (AvgIpc) is 3.47. The highest BCUT2D eigenvalue weighted by molar-refractivity contribution is 9.10. The number of likely N-dealkylation sites (N-methyl/N-ethyl adjacent to an activating group) is 1. The van der Waals surface area contributed by atoms with E-state index in [2.05, 4.69) is 82.4 Å². The summed E-state index contributed by atoms with van der Waals surface area (Å²) in [6.45, 7) is 12.3. The number of aromatic nitrogens is 5. The minimum Gasteiger partial charge on any atom is -0.494 e. The van der Waals surface area contributed by atoms with Crippen molar-refractivity contribution in [3.8, 4) is 5.75 Å². The number of halogens is 1. The quantitative estimate of drug-likeness (QED) is 0.255. The van der Waals surface area contributed by atoms with Gasteiger partial charge in [-0.1, -0.05) is 0 Å². The van der Waals surface area contributed by atoms with Crippen molar-refractivity contribution in [1.82, 2.24) is 34.4 Å². The lowest BCUT2D eigenvalue weighted by molar-refractivity contribution is 0.0982. The van der Waals surface area contributed by atoms with Gasteiger partial charge in [0.1, 0.15) is 30.5 Å². The van der Waals surface area contributed by atoms with E-state index in [-0.39, 0.29) is 0 Å². The fourth-order valence-corrected chi connectivity index (χ4v) is 7.81. The van der Waals surface area contributed by atoms with Gasteiger partial charge in [-0.25, -0.2) is 14.5 Å². The minimum absolute atomic E-state index is 0.397. The van der Waals surface area contributed by atoms with Gasteiger partial charge < -0.3 is 29.7 Å². The molecule has 2 fully saturated rings. The summed E-state index contributed by atoms with van der Waals surface area (Å²) in [6.07, 6.45) is 5.48. The molecule has 2 aliphatic heterocycles. The van der Waals surface area contributed by atoms with Crippen molar-refractivity contribution >= 4 is 63.0 Å². The number of aryl methyl sites for hydroxylation is 1. The van der Waals surface area contributed by atoms with Crippen LogP contribution in [-0.2, 0) is 4.57 Å². The molecule has 234 valence electrons. The van der Waals surface area contributed by atoms with E-state index in [1.165, 1.54) is 37.9 Å². The van der Waals surface area contributed by atoms with Crippen molar-refractivity contribution in [2.45, 2.75) is 25.8 Å². The monoisotopic (exact) mass is 682 g/mol. The minimum atomic E-state index is -2.73. The first-order chi connectivity index (χ1) is 21.1. The molecule has 0 unspecified atom stereocenters. The zero-order chi connectivity index (χ0) is 31.0. The summed E-state index contributed by atoms with van der Waals surface area (Å²) in [5, 5.41) is 11.0. The van der Waals surface area contributed by atoms with Crippen LogP contribution in [0, 0.1) is 6.92 Å². The van der Waals surface area contributed by atoms with E-state index >= 15 is 0 Å². The van der Waals surface area contributed by atoms with Crippen LogP contribution >= 0.6 is 23.1 Å². The summed E-state index contributed by atoms with van der Waals surface area (Å²) in [7, 11) is 1.16. The summed E-state index contributed by atoms with van der Waals surface area (Å²) in [4.78, 5) is 21.1. The average molecular weight is 684 g/mol. The van der Waals surface area contributed by atoms with Crippen molar-refractivity contribution in [2.75, 3.05) is 82.3 Å². The number of piperazine rings is 1. The molecule has 2 N–H and O–H groups in total. The predicted octanol–water partition coefficient (Wildman–Crippen LogP) is 4.55. The third-order valence-electron chi connectivity index (χ3n) is 8.55. The number of hydrogen-bond acceptors (Lipinski definition) is 11. The number of piperidine rings is 1. The molecule has 3 aromatic heterocycles. The van der Waals surface area contributed by atoms with Crippen molar-refractivity contribution in [1.29, 1.82) is 0 Å². The molecule has 44 heavy (non-hydrogen) atoms. The smallest absolute Gasteiger partial charge is 0.229 e. The molecule has 6 rings (SSSR count). The molecule has 0 amide bonds. The lowest BCUT2D eigenvalue weighted by Crippen LogP contribution is -2.52. The van der Waals surface area contributed by atoms with Gasteiger partial charge in [0, 0.05) is 63.3 Å². The van der Waals surface area contributed by atoms with Crippen LogP contribution in [0.3, 0.4) is 0 Å². The van der Waals surface area contributed by atoms with Crippen LogP contribution in [0.1, 0.15) is 18.4 Å². The van der Waals surface area contributed by atoms with Gasteiger partial charge in [-0.3, -0.25) is 4.90 Å². The summed E-state index contributed by atoms with van der Waals surface area (Å²) in [5.74, 6) is 1.64. The normalized spacial score (nSPS) is 17.3. The van der Waals surface area contributed by atoms with Crippen molar-refractivity contribution in [3.05, 3.63) is 46.8 Å². The Morgan fingerprint density at radius 2 is 1.75 bits per heavy atom. The molecule has 2 saturated heterocycles. The maximum Gasteiger partial charge on any atom is 0.229 e. The molecule has 0 bridgehead atoms. The fourth-order valence-electron chi connectivity index (χ4n) is 6.20. The topological polar surface area (TPSA) is 116 Å². The van der Waals surface area contributed by atoms with Gasteiger partial charge in [-0.05, 0) is 79.8 Å². The van der Waals surface area contributed by atoms with Crippen molar-refractivity contribution in [2.24, 2.45) is 0 Å². The van der Waals surface area contributed by atoms with Gasteiger partial charge in [-0.2, -0.15) is 10.1 Å². The molecule has 1 aromatic carbocycles. The maximum atomic E-state index is 13.3. The Kier molecular flexibility index (Phi) is 8.83. The van der Waals surface area contributed by atoms with Gasteiger partial charge in [0.25, 0.3) is 0 Å². The summed E-state index contributed by atoms with van der Waals surface area (Å²) in [5.41, 5.74) is 4.97. The van der Waals surface area contributed by atoms with Crippen molar-refractivity contribution < 1.29 is 9.30 Å². The second-order valence-electron chi connectivity index (χ2n) is 12.0. The summed E-state index contributed by atoms with van der Waals surface area (Å²) >= 11 is 3.56. The van der Waals surface area contributed by atoms with E-state index in [4.69, 9.17) is 9.72 Å². The standard InChI is InChI=1S/C30H40BrN10O2P/c1-20-16-24(26(43-3)17-25(20)40-10-8-21(9-11-40)39-14-12-38(2)13-15-39)36-30-32-18-22(31)28(37-30)35-23-6-7-27-33-19-34-41(27)29(23)44(4,5)42/h6-7,16-19,21H,8-15H2,1-5H3,(H2,32,35,36,37). The number of ether oxygens (including phenoxy) is 1. The first-order valence-corrected chi connectivity index (χ1v) is 18.3. The van der Waals surface area contributed by atoms with E-state index in [0.29, 0.717) is 39.1 Å². The number of methoxy groups -OCH3 is 1. The molecule has 0 saturated carbocycles. The predicted molar refractivity (Wildman–Crippen MR) is 180 cm³/mol. The van der Waals surface area contributed by atoms with E-state index in [1.54, 1.807) is 31.2 Å². The van der Waals surface area contributed by atoms with Crippen LogP contribution < -0.4 is 25.7 Å². The molecule has 0 radical (unpaired) electrons. The number of hydrogen-bond donors (Lipinski definition) is 2. The highest BCUT2D eigenvalue weighted by Gasteiger charge is 2.28. The van der Waals surface area contributed by atoms with Gasteiger partial charge >= 0.3 is 0 Å². The molecule has 5 heterocycles. The molecule has 4 aromatic rings. The van der Waals surface area contributed by atoms with Crippen LogP contribution in [0.5, 0.6) is 5.75 Å². The third-order valence-corrected chi connectivity index (χ3v) is 10.6. The summed E-state index contributed by atoms with van der Waals surface area (Å²) in [6, 6.07) is 8.55. The van der Waals surface area contributed by atoms with Crippen LogP contribution in [0.4, 0.5) is 28.8 Å². The van der Waals surface area contributed by atoms with E-state index in [9.17, 15) is 4.57 Å². The fraction of sp³-hybridized carbons (Fsp3) is 0.467. The SMILES string of the molecule is COc1cc(N2CCC(N3CCN(C)CC3)CC2)c(C)cc1Nc1ncc(Br)c(Nc2ccc3ncnn3c2P(C)(C)=O)n1. The number of benzene rings is 1. The van der Waals surface area contributed by atoms with Crippen LogP contribution in [-0.4, -0.2) is 107 Å². The molecule has 12 nitrogen and oxygen atoms in total. The molecular weight excluding hydrogens is 643 g/mol. The number of nitrogens with zero attached hydrogens (tertiary/aromatic N) is 8. The Labute approximate surface area is 266 Å². The van der Waals surface area contributed by atoms with Crippen LogP contribution in [0.15, 0.2) is 41.3 Å². The van der Waals surface area contributed by atoms with E-state index in [0.717, 1.165) is 43.2 Å². The highest BCUT2D eigenvalue weighted by atomic mass is 79.9. The number of rotatable bonds is 8. The zero-order valence-corrected chi connectivity index (χ0v) is 28.4. The Balaban J connectivity index is 1.20. The Bertz CT molecular complexity index is 1690. The number of pyridine rings is 1. The number of anilines is 5. The maximum absolute atomic E-state index is 13.3. The van der Waals surface area contributed by atoms with E-state index < -0.39 is 7.14 Å². The molecule has 2 aliphatic rings. The second-order valence-corrected chi connectivity index (χ2v) is 16.0. The lowest BCUT2D eigenvalue weighted by atomic mass is 10.0. The first kappa shape index (κ1) is 30.8. The van der Waals surface area contributed by atoms with Gasteiger partial charge in [0.2, 0.25) is 5.95 Å². The lowest BCUT2D eigenvalue weighted by Gasteiger charge is -2.43. The highest BCUT2D eigenvalue weighted by Crippen LogP contribution is 2.39. The molecule has 0 atom stereocenters. The Hall–Kier alpha value is -3.25. The zero-order valence-electron chi connectivity index (χ0n) is 25.9. The van der Waals surface area contributed by atoms with Gasteiger partial charge in [0.05, 0.1) is 23.0 Å². The summed E-state index contributed by atoms with van der Waals surface area (Å²) < 4.78 is 21.4. The number of fused-ring (bicyclic) bond motifs is 1. The Morgan fingerprint density at radius 3 is 2.45 bits per heavy atom. The second kappa shape index (κ2) is 12.6. The molecule has 14 heteroatoms.